The van der Waals surface area contributed by atoms with Gasteiger partial charge in [0, 0.05) is 38.3 Å². The SMILES string of the molecule is CCCOc1c(Cl)cc(/C=C/C(=O)N2CCN(C(=O)c3cc(C)no3)CC2)cc1OC. The highest BCUT2D eigenvalue weighted by atomic mass is 35.5. The lowest BCUT2D eigenvalue weighted by Gasteiger charge is -2.33. The number of hydrogen-bond acceptors (Lipinski definition) is 6. The largest absolute Gasteiger partial charge is 0.493 e. The third kappa shape index (κ3) is 5.58. The Labute approximate surface area is 186 Å². The lowest BCUT2D eigenvalue weighted by molar-refractivity contribution is -0.127. The minimum atomic E-state index is -0.213. The van der Waals surface area contributed by atoms with Crippen LogP contribution in [0.5, 0.6) is 11.5 Å². The summed E-state index contributed by atoms with van der Waals surface area (Å²) in [5, 5.41) is 4.17. The smallest absolute Gasteiger partial charge is 0.292 e. The molecule has 1 aliphatic rings. The van der Waals surface area contributed by atoms with E-state index < -0.39 is 0 Å². The number of piperazine rings is 1. The van der Waals surface area contributed by atoms with E-state index in [-0.39, 0.29) is 17.6 Å². The predicted octanol–water partition coefficient (Wildman–Crippen LogP) is 3.43. The van der Waals surface area contributed by atoms with Gasteiger partial charge in [-0.05, 0) is 37.1 Å². The van der Waals surface area contributed by atoms with Gasteiger partial charge in [0.15, 0.2) is 11.5 Å². The van der Waals surface area contributed by atoms with Crippen molar-refractivity contribution in [2.45, 2.75) is 20.3 Å². The number of methoxy groups -OCH3 is 1. The second-order valence-electron chi connectivity index (χ2n) is 7.17. The lowest BCUT2D eigenvalue weighted by Crippen LogP contribution is -2.50. The normalized spacial score (nSPS) is 14.2. The zero-order valence-electron chi connectivity index (χ0n) is 17.9. The lowest BCUT2D eigenvalue weighted by atomic mass is 10.1. The van der Waals surface area contributed by atoms with Gasteiger partial charge in [-0.1, -0.05) is 23.7 Å². The molecule has 0 unspecified atom stereocenters. The number of aromatic nitrogens is 1. The maximum Gasteiger partial charge on any atom is 0.292 e. The van der Waals surface area contributed by atoms with E-state index in [0.29, 0.717) is 55.0 Å². The second-order valence-corrected chi connectivity index (χ2v) is 7.57. The van der Waals surface area contributed by atoms with Crippen LogP contribution in [0.15, 0.2) is 28.8 Å². The second kappa shape index (κ2) is 10.3. The molecule has 0 N–H and O–H groups in total. The van der Waals surface area contributed by atoms with Crippen molar-refractivity contribution in [3.8, 4) is 11.5 Å². The van der Waals surface area contributed by atoms with Gasteiger partial charge in [-0.25, -0.2) is 0 Å². The number of hydrogen-bond donors (Lipinski definition) is 0. The van der Waals surface area contributed by atoms with Gasteiger partial charge >= 0.3 is 0 Å². The van der Waals surface area contributed by atoms with Crippen LogP contribution in [0, 0.1) is 6.92 Å². The Balaban J connectivity index is 1.59. The van der Waals surface area contributed by atoms with E-state index in [2.05, 4.69) is 5.16 Å². The first-order valence-electron chi connectivity index (χ1n) is 10.1. The van der Waals surface area contributed by atoms with Crippen LogP contribution in [0.4, 0.5) is 0 Å². The number of carbonyl (C=O) groups is 2. The van der Waals surface area contributed by atoms with Crippen molar-refractivity contribution in [1.29, 1.82) is 0 Å². The number of benzene rings is 1. The van der Waals surface area contributed by atoms with E-state index in [4.69, 9.17) is 25.6 Å². The van der Waals surface area contributed by atoms with Gasteiger partial charge in [0.1, 0.15) is 0 Å². The molecule has 0 bridgehead atoms. The van der Waals surface area contributed by atoms with E-state index in [1.54, 1.807) is 48.1 Å². The topological polar surface area (TPSA) is 85.1 Å². The fourth-order valence-corrected chi connectivity index (χ4v) is 3.48. The number of nitrogens with zero attached hydrogens (tertiary/aromatic N) is 3. The first kappa shape index (κ1) is 22.7. The molecule has 2 amide bonds. The third-order valence-corrected chi connectivity index (χ3v) is 5.12. The highest BCUT2D eigenvalue weighted by Crippen LogP contribution is 2.36. The van der Waals surface area contributed by atoms with Crippen LogP contribution in [-0.2, 0) is 4.79 Å². The molecular weight excluding hydrogens is 422 g/mol. The van der Waals surface area contributed by atoms with Crippen molar-refractivity contribution >= 4 is 29.5 Å². The molecule has 1 saturated heterocycles. The zero-order chi connectivity index (χ0) is 22.4. The highest BCUT2D eigenvalue weighted by Gasteiger charge is 2.26. The number of carbonyl (C=O) groups excluding carboxylic acids is 2. The van der Waals surface area contributed by atoms with Crippen LogP contribution < -0.4 is 9.47 Å². The Morgan fingerprint density at radius 2 is 1.90 bits per heavy atom. The quantitative estimate of drug-likeness (QED) is 0.604. The molecule has 31 heavy (non-hydrogen) atoms. The highest BCUT2D eigenvalue weighted by molar-refractivity contribution is 6.32. The Bertz CT molecular complexity index is 964. The van der Waals surface area contributed by atoms with Gasteiger partial charge in [-0.2, -0.15) is 0 Å². The molecule has 0 radical (unpaired) electrons. The number of rotatable bonds is 7. The average molecular weight is 448 g/mol. The van der Waals surface area contributed by atoms with Gasteiger partial charge < -0.3 is 23.8 Å². The number of ether oxygens (including phenoxy) is 2. The Morgan fingerprint density at radius 1 is 1.19 bits per heavy atom. The van der Waals surface area contributed by atoms with E-state index in [1.165, 1.54) is 6.08 Å². The van der Waals surface area contributed by atoms with Crippen molar-refractivity contribution < 1.29 is 23.6 Å². The molecule has 166 valence electrons. The van der Waals surface area contributed by atoms with Crippen molar-refractivity contribution in [3.05, 3.63) is 46.3 Å². The Hall–Kier alpha value is -3.00. The first-order chi connectivity index (χ1) is 14.9. The summed E-state index contributed by atoms with van der Waals surface area (Å²) in [6.07, 6.45) is 4.04. The number of amides is 2. The summed E-state index contributed by atoms with van der Waals surface area (Å²) in [7, 11) is 1.55. The van der Waals surface area contributed by atoms with Crippen LogP contribution in [0.3, 0.4) is 0 Å². The summed E-state index contributed by atoms with van der Waals surface area (Å²) in [5.74, 6) is 0.883. The molecule has 0 spiro atoms. The van der Waals surface area contributed by atoms with Crippen LogP contribution >= 0.6 is 11.6 Å². The Morgan fingerprint density at radius 3 is 2.52 bits per heavy atom. The van der Waals surface area contributed by atoms with Gasteiger partial charge in [-0.3, -0.25) is 9.59 Å². The summed E-state index contributed by atoms with van der Waals surface area (Å²) in [6.45, 7) is 6.05. The number of halogens is 1. The summed E-state index contributed by atoms with van der Waals surface area (Å²) < 4.78 is 16.1. The monoisotopic (exact) mass is 447 g/mol. The molecule has 0 aliphatic carbocycles. The van der Waals surface area contributed by atoms with Crippen molar-refractivity contribution in [2.24, 2.45) is 0 Å². The molecule has 2 heterocycles. The van der Waals surface area contributed by atoms with Gasteiger partial charge in [0.2, 0.25) is 11.7 Å². The van der Waals surface area contributed by atoms with Crippen molar-refractivity contribution in [2.75, 3.05) is 39.9 Å². The van der Waals surface area contributed by atoms with Crippen LogP contribution in [0.2, 0.25) is 5.02 Å². The summed E-state index contributed by atoms with van der Waals surface area (Å²) in [5.41, 5.74) is 1.39. The maximum atomic E-state index is 12.6. The molecule has 3 rings (SSSR count). The molecule has 1 aromatic carbocycles. The average Bonchev–Trinajstić information content (AvgIpc) is 3.22. The molecule has 1 aromatic heterocycles. The summed E-state index contributed by atoms with van der Waals surface area (Å²) >= 11 is 6.33. The van der Waals surface area contributed by atoms with Gasteiger partial charge in [0.25, 0.3) is 5.91 Å². The minimum absolute atomic E-state index is 0.135. The Kier molecular flexibility index (Phi) is 7.57. The van der Waals surface area contributed by atoms with Gasteiger partial charge in [0.05, 0.1) is 24.4 Å². The molecule has 9 heteroatoms. The molecule has 2 aromatic rings. The summed E-state index contributed by atoms with van der Waals surface area (Å²) in [4.78, 5) is 28.4. The van der Waals surface area contributed by atoms with E-state index in [9.17, 15) is 9.59 Å². The zero-order valence-corrected chi connectivity index (χ0v) is 18.6. The predicted molar refractivity (Wildman–Crippen MR) is 117 cm³/mol. The van der Waals surface area contributed by atoms with Crippen LogP contribution in [0.25, 0.3) is 6.08 Å². The van der Waals surface area contributed by atoms with Crippen molar-refractivity contribution in [3.63, 3.8) is 0 Å². The first-order valence-corrected chi connectivity index (χ1v) is 10.5. The van der Waals surface area contributed by atoms with E-state index in [0.717, 1.165) is 12.0 Å². The van der Waals surface area contributed by atoms with Crippen molar-refractivity contribution in [1.82, 2.24) is 15.0 Å². The molecule has 1 aliphatic heterocycles. The van der Waals surface area contributed by atoms with E-state index >= 15 is 0 Å². The maximum absolute atomic E-state index is 12.6. The fraction of sp³-hybridized carbons (Fsp3) is 0.409. The fourth-order valence-electron chi connectivity index (χ4n) is 3.20. The van der Waals surface area contributed by atoms with E-state index in [1.807, 2.05) is 6.92 Å². The molecular formula is C22H26ClN3O5. The molecule has 0 saturated carbocycles. The number of aryl methyl sites for hydroxylation is 1. The minimum Gasteiger partial charge on any atom is -0.493 e. The molecule has 1 fully saturated rings. The third-order valence-electron chi connectivity index (χ3n) is 4.84. The standard InChI is InChI=1S/C22H26ClN3O5/c1-4-11-30-21-17(23)13-16(14-18(21)29-3)5-6-20(27)25-7-9-26(10-8-25)22(28)19-12-15(2)24-31-19/h5-6,12-14H,4,7-11H2,1-3H3/b6-5+. The van der Waals surface area contributed by atoms with Crippen LogP contribution in [-0.4, -0.2) is 66.7 Å². The molecule has 0 atom stereocenters. The van der Waals surface area contributed by atoms with Crippen LogP contribution in [0.1, 0.15) is 35.2 Å². The molecule has 8 nitrogen and oxygen atoms in total. The summed E-state index contributed by atoms with van der Waals surface area (Å²) in [6, 6.07) is 5.12. The van der Waals surface area contributed by atoms with Gasteiger partial charge in [-0.15, -0.1) is 0 Å².